The summed E-state index contributed by atoms with van der Waals surface area (Å²) in [4.78, 5) is 15.0. The Labute approximate surface area is 268 Å². The van der Waals surface area contributed by atoms with E-state index in [0.29, 0.717) is 0 Å². The summed E-state index contributed by atoms with van der Waals surface area (Å²) < 4.78 is 1.15. The van der Waals surface area contributed by atoms with Crippen molar-refractivity contribution < 1.29 is 21.1 Å². The Bertz CT molecular complexity index is 2310. The van der Waals surface area contributed by atoms with E-state index in [4.69, 9.17) is 15.0 Å². The number of hydrogen-bond acceptors (Lipinski definition) is 3. The fraction of sp³-hybridized carbons (Fsp3) is 0.105. The first-order valence-electron chi connectivity index (χ1n) is 14.2. The van der Waals surface area contributed by atoms with Crippen molar-refractivity contribution in [1.29, 1.82) is 0 Å². The van der Waals surface area contributed by atoms with Crippen LogP contribution in [0.25, 0.3) is 75.8 Å². The zero-order chi connectivity index (χ0) is 28.4. The number of nitrogens with zero attached hydrogens (tertiary/aromatic N) is 3. The zero-order valence-electron chi connectivity index (χ0n) is 24.0. The molecule has 0 aliphatic rings. The van der Waals surface area contributed by atoms with Crippen molar-refractivity contribution in [2.75, 3.05) is 0 Å². The standard InChI is InChI=1S/C38H27N3S.Pt/c1-38(2,3)26-21-24-12-9-19-39-34(24)31(22-26)23-10-6-11-25(20-23)37-41-36-30(16-8-18-33(36)42-37)29-15-7-14-28-27-13-4-5-17-32(27)40-35(28)29;/h4-19,21-22H,1-3H3;/q-2;+2. The quantitative estimate of drug-likeness (QED) is 0.169. The second-order valence-corrected chi connectivity index (χ2v) is 12.9. The first-order chi connectivity index (χ1) is 20.4. The third kappa shape index (κ3) is 4.70. The van der Waals surface area contributed by atoms with Crippen LogP contribution in [0.2, 0.25) is 0 Å². The molecular weight excluding hydrogens is 726 g/mol. The Morgan fingerprint density at radius 2 is 1.47 bits per heavy atom. The topological polar surface area (TPSA) is 39.9 Å². The molecule has 210 valence electrons. The molecule has 0 aliphatic heterocycles. The average molecular weight is 753 g/mol. The summed E-state index contributed by atoms with van der Waals surface area (Å²) in [5.74, 6) is 0. The van der Waals surface area contributed by atoms with E-state index in [1.165, 1.54) is 16.3 Å². The molecule has 0 bridgehead atoms. The van der Waals surface area contributed by atoms with Gasteiger partial charge in [-0.05, 0) is 44.8 Å². The van der Waals surface area contributed by atoms with Gasteiger partial charge < -0.3 is 4.98 Å². The molecule has 43 heavy (non-hydrogen) atoms. The largest absolute Gasteiger partial charge is 2.00 e. The fourth-order valence-electron chi connectivity index (χ4n) is 5.88. The van der Waals surface area contributed by atoms with Crippen LogP contribution in [0.3, 0.4) is 0 Å². The maximum atomic E-state index is 5.22. The summed E-state index contributed by atoms with van der Waals surface area (Å²) in [6.07, 6.45) is 1.87. The van der Waals surface area contributed by atoms with Crippen LogP contribution >= 0.6 is 11.3 Å². The van der Waals surface area contributed by atoms with E-state index >= 15 is 0 Å². The molecule has 3 nitrogen and oxygen atoms in total. The van der Waals surface area contributed by atoms with Crippen molar-refractivity contribution in [1.82, 2.24) is 15.0 Å². The molecule has 8 rings (SSSR count). The molecule has 3 heterocycles. The van der Waals surface area contributed by atoms with Gasteiger partial charge in [0.25, 0.3) is 0 Å². The molecule has 0 aliphatic carbocycles. The number of para-hydroxylation sites is 3. The van der Waals surface area contributed by atoms with E-state index in [-0.39, 0.29) is 26.5 Å². The van der Waals surface area contributed by atoms with Gasteiger partial charge in [0.1, 0.15) is 0 Å². The number of fused-ring (bicyclic) bond motifs is 5. The van der Waals surface area contributed by atoms with E-state index in [2.05, 4.69) is 118 Å². The van der Waals surface area contributed by atoms with E-state index in [1.807, 2.05) is 18.3 Å². The molecule has 0 N–H and O–H groups in total. The van der Waals surface area contributed by atoms with E-state index in [0.717, 1.165) is 65.0 Å². The maximum absolute atomic E-state index is 5.22. The summed E-state index contributed by atoms with van der Waals surface area (Å²) in [7, 11) is 0. The molecule has 5 aromatic carbocycles. The van der Waals surface area contributed by atoms with Crippen LogP contribution in [0.1, 0.15) is 26.3 Å². The number of benzene rings is 5. The van der Waals surface area contributed by atoms with Crippen LogP contribution in [0.15, 0.2) is 109 Å². The van der Waals surface area contributed by atoms with Crippen LogP contribution in [-0.4, -0.2) is 9.97 Å². The molecule has 0 saturated heterocycles. The monoisotopic (exact) mass is 752 g/mol. The van der Waals surface area contributed by atoms with E-state index in [1.54, 1.807) is 11.3 Å². The Hall–Kier alpha value is -4.11. The van der Waals surface area contributed by atoms with E-state index < -0.39 is 0 Å². The van der Waals surface area contributed by atoms with Crippen molar-refractivity contribution in [2.45, 2.75) is 26.2 Å². The van der Waals surface area contributed by atoms with Crippen molar-refractivity contribution in [2.24, 2.45) is 0 Å². The number of hydrogen-bond donors (Lipinski definition) is 0. The first kappa shape index (κ1) is 27.7. The molecule has 0 spiro atoms. The summed E-state index contributed by atoms with van der Waals surface area (Å²) in [5.41, 5.74) is 10.7. The number of pyridine rings is 1. The van der Waals surface area contributed by atoms with E-state index in [9.17, 15) is 0 Å². The molecule has 5 heteroatoms. The molecular formula is C38H27N3PtS. The SMILES string of the molecule is CC(C)(C)c1cc(-c2[c-]c(-c3nc4c(-c5cccc6c5[n-]c5ccccc56)cccc4s3)ccc2)c2ncccc2c1.[Pt+2]. The Balaban J connectivity index is 0.00000300. The second-order valence-electron chi connectivity index (χ2n) is 11.8. The molecule has 0 atom stereocenters. The third-order valence-electron chi connectivity index (χ3n) is 8.06. The summed E-state index contributed by atoms with van der Waals surface area (Å²) in [6, 6.07) is 40.0. The molecule has 0 radical (unpaired) electrons. The molecule has 0 amide bonds. The van der Waals surface area contributed by atoms with Crippen molar-refractivity contribution in [3.05, 3.63) is 121 Å². The molecule has 0 saturated carbocycles. The van der Waals surface area contributed by atoms with Crippen molar-refractivity contribution >= 4 is 54.3 Å². The Morgan fingerprint density at radius 1 is 0.698 bits per heavy atom. The predicted molar refractivity (Wildman–Crippen MR) is 177 cm³/mol. The molecule has 0 unspecified atom stereocenters. The average Bonchev–Trinajstić information content (AvgIpc) is 3.62. The minimum absolute atomic E-state index is 0. The summed E-state index contributed by atoms with van der Waals surface area (Å²) in [5, 5.41) is 4.46. The predicted octanol–water partition coefficient (Wildman–Crippen LogP) is 10.2. The zero-order valence-corrected chi connectivity index (χ0v) is 27.0. The smallest absolute Gasteiger partial charge is 0.656 e. The second kappa shape index (κ2) is 10.6. The van der Waals surface area contributed by atoms with Gasteiger partial charge >= 0.3 is 21.1 Å². The van der Waals surface area contributed by atoms with Crippen LogP contribution in [0.4, 0.5) is 0 Å². The van der Waals surface area contributed by atoms with Gasteiger partial charge in [-0.1, -0.05) is 105 Å². The van der Waals surface area contributed by atoms with Crippen LogP contribution in [0, 0.1) is 6.07 Å². The van der Waals surface area contributed by atoms with Crippen molar-refractivity contribution in [3.8, 4) is 32.8 Å². The number of rotatable bonds is 3. The normalized spacial score (nSPS) is 11.9. The van der Waals surface area contributed by atoms with Crippen LogP contribution in [-0.2, 0) is 26.5 Å². The Kier molecular flexibility index (Phi) is 6.80. The van der Waals surface area contributed by atoms with Gasteiger partial charge in [0.2, 0.25) is 0 Å². The summed E-state index contributed by atoms with van der Waals surface area (Å²) in [6.45, 7) is 6.75. The van der Waals surface area contributed by atoms with Gasteiger partial charge in [0.05, 0.1) is 10.5 Å². The van der Waals surface area contributed by atoms with Gasteiger partial charge in [-0.3, -0.25) is 9.97 Å². The molecule has 8 aromatic rings. The minimum atomic E-state index is 0. The van der Waals surface area contributed by atoms with Gasteiger partial charge in [-0.2, -0.15) is 11.3 Å². The minimum Gasteiger partial charge on any atom is -0.656 e. The molecule has 3 aromatic heterocycles. The number of aromatic nitrogens is 3. The van der Waals surface area contributed by atoms with Gasteiger partial charge in [-0.25, -0.2) is 0 Å². The van der Waals surface area contributed by atoms with Gasteiger partial charge in [0.15, 0.2) is 0 Å². The Morgan fingerprint density at radius 3 is 2.35 bits per heavy atom. The number of thiazole rings is 1. The van der Waals surface area contributed by atoms with Gasteiger partial charge in [-0.15, -0.1) is 40.9 Å². The van der Waals surface area contributed by atoms with Gasteiger partial charge in [0, 0.05) is 22.0 Å². The van der Waals surface area contributed by atoms with Crippen LogP contribution in [0.5, 0.6) is 0 Å². The third-order valence-corrected chi connectivity index (χ3v) is 9.11. The van der Waals surface area contributed by atoms with Crippen LogP contribution < -0.4 is 4.98 Å². The maximum Gasteiger partial charge on any atom is 2.00 e. The fourth-order valence-corrected chi connectivity index (χ4v) is 6.85. The first-order valence-corrected chi connectivity index (χ1v) is 15.0. The van der Waals surface area contributed by atoms with Crippen molar-refractivity contribution in [3.63, 3.8) is 0 Å². The molecule has 0 fully saturated rings. The summed E-state index contributed by atoms with van der Waals surface area (Å²) >= 11 is 1.71.